The summed E-state index contributed by atoms with van der Waals surface area (Å²) in [4.78, 5) is 0. The summed E-state index contributed by atoms with van der Waals surface area (Å²) in [5.41, 5.74) is 1.26. The van der Waals surface area contributed by atoms with Crippen molar-refractivity contribution in [3.63, 3.8) is 0 Å². The molecular formula is C17H28FN. The minimum absolute atomic E-state index is 0.145. The molecule has 0 aliphatic carbocycles. The Morgan fingerprint density at radius 1 is 1.00 bits per heavy atom. The first-order chi connectivity index (χ1) is 9.27. The third-order valence-corrected chi connectivity index (χ3v) is 3.64. The van der Waals surface area contributed by atoms with Gasteiger partial charge in [-0.2, -0.15) is 0 Å². The number of unbranched alkanes of at least 4 members (excludes halogenated alkanes) is 4. The molecule has 1 nitrogen and oxygen atoms in total. The van der Waals surface area contributed by atoms with Gasteiger partial charge >= 0.3 is 0 Å². The number of hydrogen-bond donors (Lipinski definition) is 1. The van der Waals surface area contributed by atoms with Crippen molar-refractivity contribution in [2.45, 2.75) is 58.3 Å². The first-order valence-corrected chi connectivity index (χ1v) is 7.74. The fraction of sp³-hybridized carbons (Fsp3) is 0.647. The molecule has 0 saturated carbocycles. The Morgan fingerprint density at radius 3 is 2.32 bits per heavy atom. The van der Waals surface area contributed by atoms with E-state index in [9.17, 15) is 4.39 Å². The van der Waals surface area contributed by atoms with Crippen molar-refractivity contribution in [3.8, 4) is 0 Å². The molecule has 0 saturated heterocycles. The van der Waals surface area contributed by atoms with Crippen molar-refractivity contribution in [3.05, 3.63) is 35.6 Å². The molecule has 2 heteroatoms. The zero-order valence-electron chi connectivity index (χ0n) is 12.4. The molecule has 0 spiro atoms. The van der Waals surface area contributed by atoms with Gasteiger partial charge in [0.1, 0.15) is 5.82 Å². The van der Waals surface area contributed by atoms with Gasteiger partial charge in [-0.25, -0.2) is 4.39 Å². The number of hydrogen-bond acceptors (Lipinski definition) is 1. The first kappa shape index (κ1) is 16.2. The third-order valence-electron chi connectivity index (χ3n) is 3.64. The molecule has 0 aliphatic heterocycles. The highest BCUT2D eigenvalue weighted by Crippen LogP contribution is 2.22. The van der Waals surface area contributed by atoms with E-state index in [1.807, 2.05) is 12.1 Å². The number of benzene rings is 1. The van der Waals surface area contributed by atoms with Crippen LogP contribution in [0.2, 0.25) is 0 Å². The van der Waals surface area contributed by atoms with Gasteiger partial charge < -0.3 is 5.32 Å². The normalized spacial score (nSPS) is 12.6. The Hall–Kier alpha value is -0.890. The Bertz CT molecular complexity index is 321. The lowest BCUT2D eigenvalue weighted by molar-refractivity contribution is 0.515. The van der Waals surface area contributed by atoms with E-state index in [-0.39, 0.29) is 5.82 Å². The fourth-order valence-electron chi connectivity index (χ4n) is 2.43. The van der Waals surface area contributed by atoms with E-state index in [1.165, 1.54) is 44.1 Å². The maximum absolute atomic E-state index is 13.0. The van der Waals surface area contributed by atoms with E-state index in [0.29, 0.717) is 5.92 Å². The van der Waals surface area contributed by atoms with Crippen molar-refractivity contribution >= 4 is 0 Å². The van der Waals surface area contributed by atoms with Crippen LogP contribution in [0, 0.1) is 5.82 Å². The standard InChI is InChI=1S/C17H28FN/c1-3-5-6-7-8-9-16(14-19-4-2)15-10-12-17(18)13-11-15/h10-13,16,19H,3-9,14H2,1-2H3. The summed E-state index contributed by atoms with van der Waals surface area (Å²) in [6.45, 7) is 6.36. The van der Waals surface area contributed by atoms with E-state index >= 15 is 0 Å². The molecule has 19 heavy (non-hydrogen) atoms. The van der Waals surface area contributed by atoms with Crippen molar-refractivity contribution in [1.29, 1.82) is 0 Å². The molecule has 1 rings (SSSR count). The number of halogens is 1. The van der Waals surface area contributed by atoms with Crippen molar-refractivity contribution in [2.24, 2.45) is 0 Å². The number of likely N-dealkylation sites (N-methyl/N-ethyl adjacent to an activating group) is 1. The summed E-state index contributed by atoms with van der Waals surface area (Å²) in [6, 6.07) is 7.02. The van der Waals surface area contributed by atoms with Gasteiger partial charge in [0.25, 0.3) is 0 Å². The van der Waals surface area contributed by atoms with E-state index < -0.39 is 0 Å². The molecule has 0 bridgehead atoms. The zero-order valence-corrected chi connectivity index (χ0v) is 12.4. The molecular weight excluding hydrogens is 237 g/mol. The van der Waals surface area contributed by atoms with Gasteiger partial charge in [0.2, 0.25) is 0 Å². The first-order valence-electron chi connectivity index (χ1n) is 7.74. The number of nitrogens with one attached hydrogen (secondary N) is 1. The van der Waals surface area contributed by atoms with Gasteiger partial charge in [-0.05, 0) is 36.6 Å². The fourth-order valence-corrected chi connectivity index (χ4v) is 2.43. The second-order valence-electron chi connectivity index (χ2n) is 5.26. The molecule has 1 aromatic carbocycles. The van der Waals surface area contributed by atoms with Gasteiger partial charge in [-0.1, -0.05) is 58.1 Å². The summed E-state index contributed by atoms with van der Waals surface area (Å²) < 4.78 is 13.0. The van der Waals surface area contributed by atoms with Crippen LogP contribution in [0.15, 0.2) is 24.3 Å². The van der Waals surface area contributed by atoms with Gasteiger partial charge in [0.05, 0.1) is 0 Å². The lowest BCUT2D eigenvalue weighted by Crippen LogP contribution is -2.21. The van der Waals surface area contributed by atoms with Gasteiger partial charge in [-0.3, -0.25) is 0 Å². The summed E-state index contributed by atoms with van der Waals surface area (Å²) >= 11 is 0. The van der Waals surface area contributed by atoms with Crippen molar-refractivity contribution in [1.82, 2.24) is 5.32 Å². The van der Waals surface area contributed by atoms with Crippen LogP contribution in [0.3, 0.4) is 0 Å². The maximum Gasteiger partial charge on any atom is 0.123 e. The SMILES string of the molecule is CCCCCCCC(CNCC)c1ccc(F)cc1. The van der Waals surface area contributed by atoms with Gasteiger partial charge in [0.15, 0.2) is 0 Å². The van der Waals surface area contributed by atoms with E-state index in [0.717, 1.165) is 13.1 Å². The van der Waals surface area contributed by atoms with Gasteiger partial charge in [0, 0.05) is 6.54 Å². The minimum atomic E-state index is -0.145. The topological polar surface area (TPSA) is 12.0 Å². The third kappa shape index (κ3) is 6.72. The molecule has 0 aromatic heterocycles. The highest BCUT2D eigenvalue weighted by Gasteiger charge is 2.10. The maximum atomic E-state index is 13.0. The van der Waals surface area contributed by atoms with E-state index in [2.05, 4.69) is 19.2 Å². The molecule has 1 N–H and O–H groups in total. The van der Waals surface area contributed by atoms with Crippen LogP contribution in [0.5, 0.6) is 0 Å². The van der Waals surface area contributed by atoms with Gasteiger partial charge in [-0.15, -0.1) is 0 Å². The molecule has 1 atom stereocenters. The Morgan fingerprint density at radius 2 is 1.68 bits per heavy atom. The average molecular weight is 265 g/mol. The average Bonchev–Trinajstić information content (AvgIpc) is 2.43. The largest absolute Gasteiger partial charge is 0.316 e. The predicted octanol–water partition coefficient (Wildman–Crippen LogP) is 4.88. The van der Waals surface area contributed by atoms with Crippen LogP contribution in [-0.2, 0) is 0 Å². The van der Waals surface area contributed by atoms with E-state index in [4.69, 9.17) is 0 Å². The summed E-state index contributed by atoms with van der Waals surface area (Å²) in [5, 5.41) is 3.42. The monoisotopic (exact) mass is 265 g/mol. The van der Waals surface area contributed by atoms with Crippen LogP contribution < -0.4 is 5.32 Å². The lowest BCUT2D eigenvalue weighted by atomic mass is 9.92. The molecule has 1 unspecified atom stereocenters. The molecule has 0 heterocycles. The lowest BCUT2D eigenvalue weighted by Gasteiger charge is -2.18. The molecule has 108 valence electrons. The van der Waals surface area contributed by atoms with E-state index in [1.54, 1.807) is 12.1 Å². The summed E-state index contributed by atoms with van der Waals surface area (Å²) in [7, 11) is 0. The minimum Gasteiger partial charge on any atom is -0.316 e. The van der Waals surface area contributed by atoms with Crippen LogP contribution in [-0.4, -0.2) is 13.1 Å². The quantitative estimate of drug-likeness (QED) is 0.595. The van der Waals surface area contributed by atoms with Crippen LogP contribution in [0.25, 0.3) is 0 Å². The van der Waals surface area contributed by atoms with Crippen molar-refractivity contribution in [2.75, 3.05) is 13.1 Å². The highest BCUT2D eigenvalue weighted by atomic mass is 19.1. The van der Waals surface area contributed by atoms with Crippen LogP contribution >= 0.6 is 0 Å². The number of rotatable bonds is 10. The molecule has 0 fully saturated rings. The summed E-state index contributed by atoms with van der Waals surface area (Å²) in [6.07, 6.45) is 7.76. The molecule has 0 radical (unpaired) electrons. The summed E-state index contributed by atoms with van der Waals surface area (Å²) in [5.74, 6) is 0.371. The molecule has 1 aromatic rings. The Labute approximate surface area is 117 Å². The van der Waals surface area contributed by atoms with Crippen LogP contribution in [0.4, 0.5) is 4.39 Å². The highest BCUT2D eigenvalue weighted by molar-refractivity contribution is 5.20. The molecule has 0 amide bonds. The van der Waals surface area contributed by atoms with Crippen molar-refractivity contribution < 1.29 is 4.39 Å². The molecule has 0 aliphatic rings. The Balaban J connectivity index is 2.44. The smallest absolute Gasteiger partial charge is 0.123 e. The second-order valence-corrected chi connectivity index (χ2v) is 5.26. The van der Waals surface area contributed by atoms with Crippen LogP contribution in [0.1, 0.15) is 63.9 Å². The Kier molecular flexibility index (Phi) is 8.48. The second kappa shape index (κ2) is 9.96. The predicted molar refractivity (Wildman–Crippen MR) is 81.1 cm³/mol. The zero-order chi connectivity index (χ0) is 13.9.